The third-order valence-electron chi connectivity index (χ3n) is 5.56. The van der Waals surface area contributed by atoms with Gasteiger partial charge in [-0.2, -0.15) is 5.10 Å². The third kappa shape index (κ3) is 6.11. The number of rotatable bonds is 12. The van der Waals surface area contributed by atoms with Gasteiger partial charge in [0.15, 0.2) is 5.65 Å². The molecule has 0 radical (unpaired) electrons. The summed E-state index contributed by atoms with van der Waals surface area (Å²) in [5.41, 5.74) is 3.37. The molecule has 0 aliphatic carbocycles. The number of ether oxygens (including phenoxy) is 3. The van der Waals surface area contributed by atoms with Crippen LogP contribution in [0.1, 0.15) is 40.1 Å². The average Bonchev–Trinajstić information content (AvgIpc) is 3.30. The number of hydrogen-bond donors (Lipinski definition) is 1. The molecular formula is C27H29N3O5S. The minimum atomic E-state index is -0.659. The fourth-order valence-electron chi connectivity index (χ4n) is 3.79. The third-order valence-corrected chi connectivity index (χ3v) is 6.23. The van der Waals surface area contributed by atoms with Crippen LogP contribution in [-0.4, -0.2) is 51.2 Å². The van der Waals surface area contributed by atoms with Gasteiger partial charge in [0, 0.05) is 18.0 Å². The van der Waals surface area contributed by atoms with E-state index >= 15 is 0 Å². The molecule has 2 aromatic heterocycles. The van der Waals surface area contributed by atoms with E-state index in [0.717, 1.165) is 11.1 Å². The molecule has 0 fully saturated rings. The molecule has 2 aromatic carbocycles. The van der Waals surface area contributed by atoms with Gasteiger partial charge in [-0.1, -0.05) is 60.7 Å². The van der Waals surface area contributed by atoms with Crippen molar-refractivity contribution in [3.63, 3.8) is 0 Å². The quantitative estimate of drug-likeness (QED) is 0.222. The second-order valence-electron chi connectivity index (χ2n) is 8.00. The van der Waals surface area contributed by atoms with Crippen LogP contribution in [-0.2, 0) is 27.4 Å². The number of aromatic nitrogens is 3. The van der Waals surface area contributed by atoms with Gasteiger partial charge in [0.1, 0.15) is 22.8 Å². The second kappa shape index (κ2) is 12.6. The van der Waals surface area contributed by atoms with Crippen molar-refractivity contribution in [2.24, 2.45) is 0 Å². The van der Waals surface area contributed by atoms with Gasteiger partial charge in [-0.25, -0.2) is 14.3 Å². The van der Waals surface area contributed by atoms with Crippen LogP contribution in [0.3, 0.4) is 0 Å². The first-order valence-corrected chi connectivity index (χ1v) is 12.9. The number of hydrogen-bond acceptors (Lipinski definition) is 8. The number of aliphatic hydroxyl groups excluding tert-OH is 1. The van der Waals surface area contributed by atoms with Crippen LogP contribution >= 0.6 is 11.8 Å². The molecular weight excluding hydrogens is 478 g/mol. The van der Waals surface area contributed by atoms with Gasteiger partial charge >= 0.3 is 5.97 Å². The Hall–Kier alpha value is -3.24. The van der Waals surface area contributed by atoms with E-state index in [0.29, 0.717) is 35.0 Å². The molecule has 9 heteroatoms. The lowest BCUT2D eigenvalue weighted by Gasteiger charge is -2.26. The van der Waals surface area contributed by atoms with E-state index < -0.39 is 18.2 Å². The lowest BCUT2D eigenvalue weighted by molar-refractivity contribution is -0.106. The van der Waals surface area contributed by atoms with Crippen molar-refractivity contribution < 1.29 is 24.1 Å². The molecule has 0 aliphatic rings. The van der Waals surface area contributed by atoms with Gasteiger partial charge in [-0.15, -0.1) is 11.8 Å². The zero-order chi connectivity index (χ0) is 25.3. The summed E-state index contributed by atoms with van der Waals surface area (Å²) in [6, 6.07) is 19.5. The summed E-state index contributed by atoms with van der Waals surface area (Å²) >= 11 is 1.34. The Bertz CT molecular complexity index is 1270. The number of nitrogens with zero attached hydrogens (tertiary/aromatic N) is 3. The molecule has 4 aromatic rings. The molecule has 2 heterocycles. The molecule has 0 unspecified atom stereocenters. The Labute approximate surface area is 214 Å². The largest absolute Gasteiger partial charge is 0.462 e. The van der Waals surface area contributed by atoms with Crippen molar-refractivity contribution >= 4 is 23.4 Å². The van der Waals surface area contributed by atoms with Crippen LogP contribution in [0.2, 0.25) is 0 Å². The maximum absolute atomic E-state index is 12.5. The summed E-state index contributed by atoms with van der Waals surface area (Å²) in [6.07, 6.45) is 3.94. The maximum atomic E-state index is 12.5. The van der Waals surface area contributed by atoms with Crippen LogP contribution in [0.4, 0.5) is 0 Å². The van der Waals surface area contributed by atoms with Gasteiger partial charge in [0.25, 0.3) is 0 Å². The predicted octanol–water partition coefficient (Wildman–Crippen LogP) is 4.46. The Balaban J connectivity index is 1.66. The summed E-state index contributed by atoms with van der Waals surface area (Å²) in [5.74, 6) is -0.464. The van der Waals surface area contributed by atoms with Crippen molar-refractivity contribution in [1.29, 1.82) is 0 Å². The van der Waals surface area contributed by atoms with Crippen LogP contribution in [0, 0.1) is 0 Å². The summed E-state index contributed by atoms with van der Waals surface area (Å²) in [7, 11) is 0. The smallest absolute Gasteiger partial charge is 0.344 e. The molecule has 0 saturated heterocycles. The maximum Gasteiger partial charge on any atom is 0.344 e. The van der Waals surface area contributed by atoms with Crippen LogP contribution < -0.4 is 0 Å². The highest BCUT2D eigenvalue weighted by atomic mass is 32.2. The monoisotopic (exact) mass is 507 g/mol. The molecule has 36 heavy (non-hydrogen) atoms. The Morgan fingerprint density at radius 3 is 2.25 bits per heavy atom. The number of benzene rings is 2. The summed E-state index contributed by atoms with van der Waals surface area (Å²) in [4.78, 5) is 17.1. The Morgan fingerprint density at radius 1 is 1.03 bits per heavy atom. The zero-order valence-corrected chi connectivity index (χ0v) is 21.1. The van der Waals surface area contributed by atoms with E-state index in [4.69, 9.17) is 14.2 Å². The fourth-order valence-corrected chi connectivity index (χ4v) is 4.34. The van der Waals surface area contributed by atoms with Gasteiger partial charge in [-0.05, 0) is 24.3 Å². The van der Waals surface area contributed by atoms with Crippen LogP contribution in [0.15, 0.2) is 78.1 Å². The molecule has 8 nitrogen and oxygen atoms in total. The molecule has 4 rings (SSSR count). The van der Waals surface area contributed by atoms with Gasteiger partial charge in [0.05, 0.1) is 26.4 Å². The fraction of sp³-hybridized carbons (Fsp3) is 0.296. The summed E-state index contributed by atoms with van der Waals surface area (Å²) in [6.45, 7) is 2.39. The van der Waals surface area contributed by atoms with Crippen molar-refractivity contribution in [1.82, 2.24) is 14.6 Å². The molecule has 0 aliphatic heterocycles. The standard InChI is InChI=1S/C27H29N3O5S/c1-3-33-27(32)23-25-28-14-21(15-30(25)29-26(23)36-2)24(35-18-20-12-8-5-9-13-20)22(16-31)34-17-19-10-6-4-7-11-19/h4-15,22,24,31H,3,16-18H2,1-2H3/t22-,24+/m0/s1. The van der Waals surface area contributed by atoms with E-state index in [2.05, 4.69) is 10.1 Å². The molecule has 0 saturated carbocycles. The summed E-state index contributed by atoms with van der Waals surface area (Å²) < 4.78 is 19.2. The highest BCUT2D eigenvalue weighted by molar-refractivity contribution is 7.98. The molecule has 0 amide bonds. The molecule has 188 valence electrons. The predicted molar refractivity (Wildman–Crippen MR) is 137 cm³/mol. The number of fused-ring (bicyclic) bond motifs is 1. The number of carbonyl (C=O) groups excluding carboxylic acids is 1. The van der Waals surface area contributed by atoms with E-state index in [9.17, 15) is 9.90 Å². The average molecular weight is 508 g/mol. The van der Waals surface area contributed by atoms with Gasteiger partial charge < -0.3 is 19.3 Å². The van der Waals surface area contributed by atoms with Gasteiger partial charge in [0.2, 0.25) is 0 Å². The molecule has 1 N–H and O–H groups in total. The van der Waals surface area contributed by atoms with Crippen LogP contribution in [0.5, 0.6) is 0 Å². The topological polar surface area (TPSA) is 95.2 Å². The van der Waals surface area contributed by atoms with E-state index in [-0.39, 0.29) is 13.2 Å². The lowest BCUT2D eigenvalue weighted by atomic mass is 10.1. The number of aliphatic hydroxyl groups is 1. The second-order valence-corrected chi connectivity index (χ2v) is 8.79. The first-order chi connectivity index (χ1) is 17.6. The minimum Gasteiger partial charge on any atom is -0.462 e. The van der Waals surface area contributed by atoms with Crippen molar-refractivity contribution in [3.8, 4) is 0 Å². The molecule has 2 atom stereocenters. The van der Waals surface area contributed by atoms with Crippen molar-refractivity contribution in [2.75, 3.05) is 19.5 Å². The highest BCUT2D eigenvalue weighted by Crippen LogP contribution is 2.28. The van der Waals surface area contributed by atoms with Crippen molar-refractivity contribution in [2.45, 2.75) is 37.4 Å². The molecule has 0 bridgehead atoms. The number of esters is 1. The Kier molecular flexibility index (Phi) is 9.07. The van der Waals surface area contributed by atoms with Crippen molar-refractivity contribution in [3.05, 3.63) is 95.3 Å². The minimum absolute atomic E-state index is 0.256. The van der Waals surface area contributed by atoms with Crippen LogP contribution in [0.25, 0.3) is 5.65 Å². The SMILES string of the molecule is CCOC(=O)c1c(SC)nn2cc([C@@H](OCc3ccccc3)[C@H](CO)OCc3ccccc3)cnc12. The highest BCUT2D eigenvalue weighted by Gasteiger charge is 2.28. The number of thioether (sulfide) groups is 1. The van der Waals surface area contributed by atoms with E-state index in [1.165, 1.54) is 11.8 Å². The van der Waals surface area contributed by atoms with E-state index in [1.807, 2.05) is 66.9 Å². The molecule has 0 spiro atoms. The first kappa shape index (κ1) is 25.8. The first-order valence-electron chi connectivity index (χ1n) is 11.7. The Morgan fingerprint density at radius 2 is 1.67 bits per heavy atom. The van der Waals surface area contributed by atoms with Gasteiger partial charge in [-0.3, -0.25) is 0 Å². The zero-order valence-electron chi connectivity index (χ0n) is 20.2. The number of carbonyl (C=O) groups is 1. The van der Waals surface area contributed by atoms with E-state index in [1.54, 1.807) is 23.8 Å². The normalized spacial score (nSPS) is 13.0. The summed E-state index contributed by atoms with van der Waals surface area (Å²) in [5, 5.41) is 15.3. The lowest BCUT2D eigenvalue weighted by Crippen LogP contribution is -2.28.